The Kier molecular flexibility index (Phi) is 5.10. The number of rotatable bonds is 5. The number of hydrogen-bond donors (Lipinski definition) is 1. The molecule has 3 aromatic rings. The molecule has 4 rings (SSSR count). The van der Waals surface area contributed by atoms with E-state index in [0.29, 0.717) is 18.3 Å². The maximum Gasteiger partial charge on any atom is 0.223 e. The smallest absolute Gasteiger partial charge is 0.223 e. The van der Waals surface area contributed by atoms with E-state index < -0.39 is 0 Å². The molecule has 1 amide bonds. The number of pyridine rings is 1. The number of amides is 1. The monoisotopic (exact) mass is 381 g/mol. The Morgan fingerprint density at radius 3 is 2.75 bits per heavy atom. The Morgan fingerprint density at radius 2 is 2.07 bits per heavy atom. The van der Waals surface area contributed by atoms with Gasteiger partial charge in [-0.25, -0.2) is 4.98 Å². The highest BCUT2D eigenvalue weighted by Gasteiger charge is 2.27. The zero-order valence-corrected chi connectivity index (χ0v) is 16.0. The van der Waals surface area contributed by atoms with E-state index in [0.717, 1.165) is 48.8 Å². The number of carbonyl (C=O) groups is 1. The summed E-state index contributed by atoms with van der Waals surface area (Å²) in [6.45, 7) is 5.58. The summed E-state index contributed by atoms with van der Waals surface area (Å²) in [5.74, 6) is 3.57. The van der Waals surface area contributed by atoms with E-state index in [2.05, 4.69) is 25.3 Å². The highest BCUT2D eigenvalue weighted by molar-refractivity contribution is 5.79. The Labute approximate surface area is 162 Å². The summed E-state index contributed by atoms with van der Waals surface area (Å²) >= 11 is 0. The first-order chi connectivity index (χ1) is 13.6. The summed E-state index contributed by atoms with van der Waals surface area (Å²) in [4.78, 5) is 23.5. The molecular formula is C20H23N5O3. The number of anilines is 1. The molecule has 146 valence electrons. The van der Waals surface area contributed by atoms with Gasteiger partial charge < -0.3 is 19.2 Å². The Balaban J connectivity index is 1.37. The summed E-state index contributed by atoms with van der Waals surface area (Å²) in [5, 5.41) is 6.99. The summed E-state index contributed by atoms with van der Waals surface area (Å²) in [6, 6.07) is 7.59. The Hall–Kier alpha value is -3.16. The quantitative estimate of drug-likeness (QED) is 0.726. The summed E-state index contributed by atoms with van der Waals surface area (Å²) in [5.41, 5.74) is 0.843. The lowest BCUT2D eigenvalue weighted by atomic mass is 9.95. The highest BCUT2D eigenvalue weighted by atomic mass is 16.5. The molecule has 0 spiro atoms. The predicted octanol–water partition coefficient (Wildman–Crippen LogP) is 2.87. The van der Waals surface area contributed by atoms with Crippen LogP contribution in [-0.2, 0) is 11.3 Å². The molecule has 0 radical (unpaired) electrons. The summed E-state index contributed by atoms with van der Waals surface area (Å²) < 4.78 is 10.6. The molecule has 0 bridgehead atoms. The number of nitrogens with one attached hydrogen (secondary N) is 1. The maximum atomic E-state index is 12.5. The lowest BCUT2D eigenvalue weighted by molar-refractivity contribution is -0.125. The zero-order valence-electron chi connectivity index (χ0n) is 16.0. The average molecular weight is 381 g/mol. The SMILES string of the molecule is Cc1ccc(CNC(=O)C2CCN(c3ncccc3-c3noc(C)n3)CC2)o1. The van der Waals surface area contributed by atoms with Crippen LogP contribution < -0.4 is 10.2 Å². The van der Waals surface area contributed by atoms with Crippen molar-refractivity contribution in [3.8, 4) is 11.4 Å². The summed E-state index contributed by atoms with van der Waals surface area (Å²) in [6.07, 6.45) is 3.30. The van der Waals surface area contributed by atoms with Gasteiger partial charge in [-0.15, -0.1) is 0 Å². The number of aromatic nitrogens is 3. The minimum atomic E-state index is -0.00751. The van der Waals surface area contributed by atoms with Gasteiger partial charge in [-0.1, -0.05) is 5.16 Å². The van der Waals surface area contributed by atoms with Crippen LogP contribution in [0.25, 0.3) is 11.4 Å². The molecule has 28 heavy (non-hydrogen) atoms. The molecule has 0 aliphatic carbocycles. The van der Waals surface area contributed by atoms with Gasteiger partial charge in [0.15, 0.2) is 0 Å². The van der Waals surface area contributed by atoms with Crippen molar-refractivity contribution in [3.63, 3.8) is 0 Å². The van der Waals surface area contributed by atoms with Crippen molar-refractivity contribution < 1.29 is 13.7 Å². The van der Waals surface area contributed by atoms with Crippen LogP contribution >= 0.6 is 0 Å². The molecule has 0 atom stereocenters. The molecule has 0 unspecified atom stereocenters. The third-order valence-corrected chi connectivity index (χ3v) is 4.95. The van der Waals surface area contributed by atoms with Crippen LogP contribution in [0.2, 0.25) is 0 Å². The van der Waals surface area contributed by atoms with Crippen molar-refractivity contribution in [2.24, 2.45) is 5.92 Å². The minimum Gasteiger partial charge on any atom is -0.465 e. The third kappa shape index (κ3) is 3.90. The number of furan rings is 1. The van der Waals surface area contributed by atoms with E-state index >= 15 is 0 Å². The van der Waals surface area contributed by atoms with Crippen LogP contribution in [0.1, 0.15) is 30.3 Å². The molecule has 1 aliphatic heterocycles. The fourth-order valence-corrected chi connectivity index (χ4v) is 3.48. The van der Waals surface area contributed by atoms with Crippen molar-refractivity contribution in [1.29, 1.82) is 0 Å². The van der Waals surface area contributed by atoms with Crippen LogP contribution in [0.3, 0.4) is 0 Å². The van der Waals surface area contributed by atoms with Gasteiger partial charge in [0.2, 0.25) is 17.6 Å². The predicted molar refractivity (Wildman–Crippen MR) is 102 cm³/mol. The van der Waals surface area contributed by atoms with Gasteiger partial charge in [0.1, 0.15) is 17.3 Å². The van der Waals surface area contributed by atoms with Gasteiger partial charge in [0.25, 0.3) is 0 Å². The van der Waals surface area contributed by atoms with Gasteiger partial charge in [-0.2, -0.15) is 4.98 Å². The van der Waals surface area contributed by atoms with Crippen LogP contribution in [0.5, 0.6) is 0 Å². The van der Waals surface area contributed by atoms with E-state index in [4.69, 9.17) is 8.94 Å². The number of hydrogen-bond acceptors (Lipinski definition) is 7. The molecule has 3 aromatic heterocycles. The van der Waals surface area contributed by atoms with Crippen molar-refractivity contribution in [1.82, 2.24) is 20.4 Å². The van der Waals surface area contributed by atoms with Gasteiger partial charge in [-0.3, -0.25) is 4.79 Å². The molecule has 8 heteroatoms. The van der Waals surface area contributed by atoms with E-state index in [-0.39, 0.29) is 11.8 Å². The number of aryl methyl sites for hydroxylation is 2. The van der Waals surface area contributed by atoms with E-state index in [1.165, 1.54) is 0 Å². The second-order valence-electron chi connectivity index (χ2n) is 7.00. The number of carbonyl (C=O) groups excluding carboxylic acids is 1. The molecule has 1 aliphatic rings. The molecule has 8 nitrogen and oxygen atoms in total. The third-order valence-electron chi connectivity index (χ3n) is 4.95. The van der Waals surface area contributed by atoms with Gasteiger partial charge in [0, 0.05) is 32.1 Å². The van der Waals surface area contributed by atoms with Crippen LogP contribution in [0, 0.1) is 19.8 Å². The minimum absolute atomic E-state index is 0.00751. The molecule has 1 saturated heterocycles. The maximum absolute atomic E-state index is 12.5. The van der Waals surface area contributed by atoms with E-state index in [1.54, 1.807) is 13.1 Å². The van der Waals surface area contributed by atoms with Crippen LogP contribution in [-0.4, -0.2) is 34.1 Å². The van der Waals surface area contributed by atoms with Gasteiger partial charge in [-0.05, 0) is 44.0 Å². The van der Waals surface area contributed by atoms with Crippen molar-refractivity contribution in [2.75, 3.05) is 18.0 Å². The highest BCUT2D eigenvalue weighted by Crippen LogP contribution is 2.30. The molecular weight excluding hydrogens is 358 g/mol. The lowest BCUT2D eigenvalue weighted by Gasteiger charge is -2.32. The molecule has 1 fully saturated rings. The molecule has 1 N–H and O–H groups in total. The number of nitrogens with zero attached hydrogens (tertiary/aromatic N) is 4. The van der Waals surface area contributed by atoms with Crippen molar-refractivity contribution in [2.45, 2.75) is 33.2 Å². The first-order valence-corrected chi connectivity index (χ1v) is 9.44. The van der Waals surface area contributed by atoms with Crippen molar-refractivity contribution >= 4 is 11.7 Å². The zero-order chi connectivity index (χ0) is 19.5. The number of piperidine rings is 1. The fraction of sp³-hybridized carbons (Fsp3) is 0.400. The normalized spacial score (nSPS) is 15.0. The molecule has 0 aromatic carbocycles. The van der Waals surface area contributed by atoms with Crippen molar-refractivity contribution in [3.05, 3.63) is 47.9 Å². The van der Waals surface area contributed by atoms with E-state index in [9.17, 15) is 4.79 Å². The van der Waals surface area contributed by atoms with Gasteiger partial charge >= 0.3 is 0 Å². The van der Waals surface area contributed by atoms with Crippen LogP contribution in [0.15, 0.2) is 39.4 Å². The van der Waals surface area contributed by atoms with E-state index in [1.807, 2.05) is 31.2 Å². The first kappa shape index (κ1) is 18.2. The first-order valence-electron chi connectivity index (χ1n) is 9.44. The molecule has 0 saturated carbocycles. The Morgan fingerprint density at radius 1 is 1.25 bits per heavy atom. The lowest BCUT2D eigenvalue weighted by Crippen LogP contribution is -2.40. The average Bonchev–Trinajstić information content (AvgIpc) is 3.34. The standard InChI is InChI=1S/C20H23N5O3/c1-13-5-6-16(27-13)12-22-20(26)15-7-10-25(11-8-15)19-17(4-3-9-21-19)18-23-14(2)28-24-18/h3-6,9,15H,7-8,10-12H2,1-2H3,(H,22,26). The van der Waals surface area contributed by atoms with Gasteiger partial charge in [0.05, 0.1) is 12.1 Å². The second kappa shape index (κ2) is 7.84. The Bertz CT molecular complexity index is 956. The summed E-state index contributed by atoms with van der Waals surface area (Å²) in [7, 11) is 0. The largest absolute Gasteiger partial charge is 0.465 e. The molecule has 4 heterocycles. The fourth-order valence-electron chi connectivity index (χ4n) is 3.48. The topological polar surface area (TPSA) is 97.3 Å². The van der Waals surface area contributed by atoms with Crippen LogP contribution in [0.4, 0.5) is 5.82 Å². The second-order valence-corrected chi connectivity index (χ2v) is 7.00.